The molecule has 1 N–H and O–H groups in total. The fraction of sp³-hybridized carbons (Fsp3) is 1.00. The first-order valence-corrected chi connectivity index (χ1v) is 4.70. The summed E-state index contributed by atoms with van der Waals surface area (Å²) in [4.78, 5) is 1.82. The molecule has 1 heterocycles. The molecule has 0 amide bonds. The Labute approximate surface area is 76.6 Å². The van der Waals surface area contributed by atoms with Crippen LogP contribution in [0.5, 0.6) is 0 Å². The summed E-state index contributed by atoms with van der Waals surface area (Å²) in [6, 6.07) is 0. The number of piperidine rings is 1. The van der Waals surface area contributed by atoms with Gasteiger partial charge in [0.05, 0.1) is 19.6 Å². The van der Waals surface area contributed by atoms with E-state index in [4.69, 9.17) is 0 Å². The van der Waals surface area contributed by atoms with Crippen LogP contribution in [0.4, 0.5) is 0 Å². The van der Waals surface area contributed by atoms with Gasteiger partial charge in [-0.25, -0.2) is 0 Å². The summed E-state index contributed by atoms with van der Waals surface area (Å²) in [6.07, 6.45) is 4.34. The molecule has 0 aromatic carbocycles. The highest BCUT2D eigenvalue weighted by Gasteiger charge is 2.19. The van der Waals surface area contributed by atoms with Gasteiger partial charge in [0.2, 0.25) is 0 Å². The average molecular weight is 178 g/mol. The van der Waals surface area contributed by atoms with Crippen LogP contribution in [-0.2, 0) is 0 Å². The van der Waals surface area contributed by atoms with Crippen molar-refractivity contribution in [3.63, 3.8) is 0 Å². The first-order chi connectivity index (χ1) is 4.86. The average Bonchev–Trinajstić information content (AvgIpc) is 2.05. The molecule has 68 valence electrons. The van der Waals surface area contributed by atoms with Crippen molar-refractivity contribution in [1.82, 2.24) is 0 Å². The predicted molar refractivity (Wildman–Crippen MR) is 44.3 cm³/mol. The monoisotopic (exact) mass is 177 g/mol. The number of nitrogens with one attached hydrogen (secondary N) is 1. The minimum absolute atomic E-state index is 0. The molecule has 0 bridgehead atoms. The van der Waals surface area contributed by atoms with E-state index in [1.807, 2.05) is 4.90 Å². The van der Waals surface area contributed by atoms with E-state index >= 15 is 0 Å². The number of hydrogen-bond donors (Lipinski definition) is 1. The Hall–Kier alpha value is 0.250. The number of hydrogen-bond acceptors (Lipinski definition) is 0. The van der Waals surface area contributed by atoms with Gasteiger partial charge in [0.25, 0.3) is 0 Å². The van der Waals surface area contributed by atoms with Gasteiger partial charge in [0.1, 0.15) is 0 Å². The Bertz CT molecular complexity index is 85.6. The summed E-state index contributed by atoms with van der Waals surface area (Å²) < 4.78 is 0. The van der Waals surface area contributed by atoms with Crippen LogP contribution in [0.25, 0.3) is 0 Å². The third-order valence-electron chi connectivity index (χ3n) is 2.80. The van der Waals surface area contributed by atoms with Crippen molar-refractivity contribution >= 4 is 0 Å². The van der Waals surface area contributed by atoms with Crippen molar-refractivity contribution in [2.24, 2.45) is 5.92 Å². The molecule has 2 heteroatoms. The van der Waals surface area contributed by atoms with E-state index in [2.05, 4.69) is 13.8 Å². The first kappa shape index (κ1) is 11.2. The number of likely N-dealkylation sites (tertiary alicyclic amines) is 1. The smallest absolute Gasteiger partial charge is 0.0799 e. The zero-order valence-corrected chi connectivity index (χ0v) is 8.45. The summed E-state index contributed by atoms with van der Waals surface area (Å²) in [5.74, 6) is 1.03. The van der Waals surface area contributed by atoms with E-state index in [0.29, 0.717) is 0 Å². The lowest BCUT2D eigenvalue weighted by atomic mass is 9.96. The van der Waals surface area contributed by atoms with Crippen LogP contribution >= 0.6 is 0 Å². The maximum atomic E-state index is 2.32. The first-order valence-electron chi connectivity index (χ1n) is 4.70. The van der Waals surface area contributed by atoms with E-state index < -0.39 is 0 Å². The molecule has 0 aromatic rings. The Morgan fingerprint density at radius 1 is 1.36 bits per heavy atom. The maximum Gasteiger partial charge on any atom is 0.0799 e. The zero-order chi connectivity index (χ0) is 7.40. The van der Waals surface area contributed by atoms with E-state index in [0.717, 1.165) is 5.92 Å². The highest BCUT2D eigenvalue weighted by molar-refractivity contribution is 4.58. The van der Waals surface area contributed by atoms with Gasteiger partial charge in [0, 0.05) is 5.92 Å². The summed E-state index contributed by atoms with van der Waals surface area (Å²) >= 11 is 0. The topological polar surface area (TPSA) is 4.44 Å². The number of rotatable bonds is 2. The Kier molecular flexibility index (Phi) is 5.98. The molecular formula is C9H20ClN. The quantitative estimate of drug-likeness (QED) is 0.485. The van der Waals surface area contributed by atoms with Crippen LogP contribution in [0, 0.1) is 5.92 Å². The van der Waals surface area contributed by atoms with Crippen molar-refractivity contribution in [2.45, 2.75) is 33.1 Å². The highest BCUT2D eigenvalue weighted by Crippen LogP contribution is 2.10. The molecule has 2 atom stereocenters. The molecule has 1 aliphatic heterocycles. The fourth-order valence-corrected chi connectivity index (χ4v) is 1.92. The van der Waals surface area contributed by atoms with Crippen LogP contribution in [-0.4, -0.2) is 19.6 Å². The zero-order valence-electron chi connectivity index (χ0n) is 7.70. The van der Waals surface area contributed by atoms with E-state index in [1.165, 1.54) is 38.9 Å². The van der Waals surface area contributed by atoms with Gasteiger partial charge in [-0.15, -0.1) is 0 Å². The molecule has 1 saturated heterocycles. The second-order valence-corrected chi connectivity index (χ2v) is 3.47. The third kappa shape index (κ3) is 3.44. The lowest BCUT2D eigenvalue weighted by molar-refractivity contribution is -0.907. The summed E-state index contributed by atoms with van der Waals surface area (Å²) in [6.45, 7) is 8.81. The molecular weight excluding hydrogens is 158 g/mol. The largest absolute Gasteiger partial charge is 1.00 e. The van der Waals surface area contributed by atoms with E-state index in [9.17, 15) is 0 Å². The molecule has 0 saturated carbocycles. The number of halogens is 1. The Balaban J connectivity index is 0.000001000. The Morgan fingerprint density at radius 3 is 2.64 bits per heavy atom. The molecule has 0 radical (unpaired) electrons. The van der Waals surface area contributed by atoms with E-state index in [1.54, 1.807) is 0 Å². The van der Waals surface area contributed by atoms with Crippen molar-refractivity contribution in [3.8, 4) is 0 Å². The fourth-order valence-electron chi connectivity index (χ4n) is 1.92. The highest BCUT2D eigenvalue weighted by atomic mass is 35.5. The van der Waals surface area contributed by atoms with Gasteiger partial charge >= 0.3 is 0 Å². The van der Waals surface area contributed by atoms with Crippen molar-refractivity contribution in [1.29, 1.82) is 0 Å². The van der Waals surface area contributed by atoms with Gasteiger partial charge < -0.3 is 17.3 Å². The molecule has 2 unspecified atom stereocenters. The molecule has 1 fully saturated rings. The SMILES string of the molecule is CCC1CCC[NH+](CC)C1.[Cl-]. The molecule has 0 aromatic heterocycles. The lowest BCUT2D eigenvalue weighted by Gasteiger charge is -2.28. The van der Waals surface area contributed by atoms with Gasteiger partial charge in [-0.3, -0.25) is 0 Å². The Morgan fingerprint density at radius 2 is 2.09 bits per heavy atom. The summed E-state index contributed by atoms with van der Waals surface area (Å²) in [5.41, 5.74) is 0. The normalized spacial score (nSPS) is 31.1. The standard InChI is InChI=1S/C9H19N.ClH/c1-3-9-6-5-7-10(4-2)8-9;/h9H,3-8H2,1-2H3;1H. The van der Waals surface area contributed by atoms with Crippen LogP contribution < -0.4 is 17.3 Å². The lowest BCUT2D eigenvalue weighted by Crippen LogP contribution is -3.13. The molecule has 0 spiro atoms. The van der Waals surface area contributed by atoms with Crippen molar-refractivity contribution in [3.05, 3.63) is 0 Å². The second kappa shape index (κ2) is 5.84. The minimum Gasteiger partial charge on any atom is -1.00 e. The van der Waals surface area contributed by atoms with Crippen LogP contribution in [0.2, 0.25) is 0 Å². The molecule has 11 heavy (non-hydrogen) atoms. The predicted octanol–water partition coefficient (Wildman–Crippen LogP) is -2.28. The molecule has 1 rings (SSSR count). The van der Waals surface area contributed by atoms with Gasteiger partial charge in [-0.1, -0.05) is 6.92 Å². The minimum atomic E-state index is 0. The van der Waals surface area contributed by atoms with Crippen LogP contribution in [0.3, 0.4) is 0 Å². The molecule has 1 nitrogen and oxygen atoms in total. The van der Waals surface area contributed by atoms with Gasteiger partial charge in [-0.2, -0.15) is 0 Å². The summed E-state index contributed by atoms with van der Waals surface area (Å²) in [7, 11) is 0. The second-order valence-electron chi connectivity index (χ2n) is 3.47. The number of quaternary nitrogens is 1. The van der Waals surface area contributed by atoms with Gasteiger partial charge in [0.15, 0.2) is 0 Å². The maximum absolute atomic E-state index is 2.32. The molecule has 0 aliphatic carbocycles. The summed E-state index contributed by atoms with van der Waals surface area (Å²) in [5, 5.41) is 0. The molecule has 1 aliphatic rings. The van der Waals surface area contributed by atoms with Gasteiger partial charge in [-0.05, 0) is 26.2 Å². The van der Waals surface area contributed by atoms with E-state index in [-0.39, 0.29) is 12.4 Å². The van der Waals surface area contributed by atoms with Crippen LogP contribution in [0.1, 0.15) is 33.1 Å². The third-order valence-corrected chi connectivity index (χ3v) is 2.80. The van der Waals surface area contributed by atoms with Crippen molar-refractivity contribution in [2.75, 3.05) is 19.6 Å². The van der Waals surface area contributed by atoms with Crippen molar-refractivity contribution < 1.29 is 17.3 Å². The van der Waals surface area contributed by atoms with Crippen LogP contribution in [0.15, 0.2) is 0 Å².